The Bertz CT molecular complexity index is 258. The van der Waals surface area contributed by atoms with Crippen LogP contribution in [0.2, 0.25) is 0 Å². The van der Waals surface area contributed by atoms with Crippen molar-refractivity contribution >= 4 is 0 Å². The Morgan fingerprint density at radius 1 is 1.46 bits per heavy atom. The molecule has 2 heteroatoms. The molecule has 1 atom stereocenters. The van der Waals surface area contributed by atoms with Gasteiger partial charge in [0.1, 0.15) is 0 Å². The molecule has 13 heavy (non-hydrogen) atoms. The third-order valence-corrected chi connectivity index (χ3v) is 2.01. The summed E-state index contributed by atoms with van der Waals surface area (Å²) in [6.45, 7) is 7.36. The molecule has 0 amide bonds. The molecule has 2 nitrogen and oxygen atoms in total. The van der Waals surface area contributed by atoms with Gasteiger partial charge in [-0.15, -0.1) is 0 Å². The van der Waals surface area contributed by atoms with Crippen LogP contribution < -0.4 is 5.32 Å². The van der Waals surface area contributed by atoms with Crippen molar-refractivity contribution in [3.05, 3.63) is 29.6 Å². The van der Waals surface area contributed by atoms with Crippen molar-refractivity contribution in [2.45, 2.75) is 33.2 Å². The summed E-state index contributed by atoms with van der Waals surface area (Å²) in [5, 5.41) is 3.37. The Balaban J connectivity index is 2.53. The van der Waals surface area contributed by atoms with Crippen LogP contribution in [0, 0.1) is 6.92 Å². The molecule has 0 aromatic carbocycles. The minimum absolute atomic E-state index is 0.513. The highest BCUT2D eigenvalue weighted by Gasteiger charge is 2.02. The van der Waals surface area contributed by atoms with Gasteiger partial charge in [-0.25, -0.2) is 0 Å². The molecule has 0 aliphatic heterocycles. The Labute approximate surface area is 80.4 Å². The van der Waals surface area contributed by atoms with E-state index >= 15 is 0 Å². The van der Waals surface area contributed by atoms with Gasteiger partial charge in [0.15, 0.2) is 0 Å². The smallest absolute Gasteiger partial charge is 0.0422 e. The molecule has 0 fully saturated rings. The van der Waals surface area contributed by atoms with Crippen molar-refractivity contribution < 1.29 is 0 Å². The zero-order valence-corrected chi connectivity index (χ0v) is 8.67. The normalized spacial score (nSPS) is 12.8. The van der Waals surface area contributed by atoms with Crippen LogP contribution in [-0.4, -0.2) is 17.6 Å². The van der Waals surface area contributed by atoms with E-state index in [0.717, 1.165) is 18.7 Å². The third-order valence-electron chi connectivity index (χ3n) is 2.01. The lowest BCUT2D eigenvalue weighted by Crippen LogP contribution is -2.27. The largest absolute Gasteiger partial charge is 0.314 e. The topological polar surface area (TPSA) is 24.9 Å². The number of rotatable bonds is 4. The quantitative estimate of drug-likeness (QED) is 0.762. The van der Waals surface area contributed by atoms with E-state index in [1.807, 2.05) is 13.0 Å². The highest BCUT2D eigenvalue weighted by Crippen LogP contribution is 2.01. The number of nitrogens with zero attached hydrogens (tertiary/aromatic N) is 1. The third kappa shape index (κ3) is 3.55. The Hall–Kier alpha value is -0.890. The van der Waals surface area contributed by atoms with Gasteiger partial charge in [0.25, 0.3) is 0 Å². The van der Waals surface area contributed by atoms with Gasteiger partial charge in [0, 0.05) is 23.9 Å². The molecule has 0 radical (unpaired) electrons. The summed E-state index contributed by atoms with van der Waals surface area (Å²) >= 11 is 0. The first-order valence-corrected chi connectivity index (χ1v) is 4.88. The summed E-state index contributed by atoms with van der Waals surface area (Å²) in [7, 11) is 0. The number of hydrogen-bond acceptors (Lipinski definition) is 2. The fourth-order valence-electron chi connectivity index (χ4n) is 1.45. The highest BCUT2D eigenvalue weighted by atomic mass is 14.9. The Morgan fingerprint density at radius 3 is 2.85 bits per heavy atom. The van der Waals surface area contributed by atoms with Crippen LogP contribution in [0.1, 0.15) is 25.2 Å². The summed E-state index contributed by atoms with van der Waals surface area (Å²) in [5.74, 6) is 0. The highest BCUT2D eigenvalue weighted by molar-refractivity contribution is 5.10. The van der Waals surface area contributed by atoms with E-state index in [4.69, 9.17) is 0 Å². The van der Waals surface area contributed by atoms with Gasteiger partial charge in [-0.2, -0.15) is 0 Å². The van der Waals surface area contributed by atoms with Crippen molar-refractivity contribution in [2.75, 3.05) is 6.54 Å². The van der Waals surface area contributed by atoms with Gasteiger partial charge >= 0.3 is 0 Å². The Kier molecular flexibility index (Phi) is 3.90. The van der Waals surface area contributed by atoms with Gasteiger partial charge in [-0.1, -0.05) is 13.0 Å². The summed E-state index contributed by atoms with van der Waals surface area (Å²) in [5.41, 5.74) is 2.27. The number of aryl methyl sites for hydroxylation is 1. The van der Waals surface area contributed by atoms with E-state index in [1.54, 1.807) is 0 Å². The van der Waals surface area contributed by atoms with Gasteiger partial charge in [-0.05, 0) is 32.5 Å². The average molecular weight is 178 g/mol. The van der Waals surface area contributed by atoms with E-state index in [-0.39, 0.29) is 0 Å². The predicted molar refractivity (Wildman–Crippen MR) is 55.8 cm³/mol. The maximum absolute atomic E-state index is 4.46. The second kappa shape index (κ2) is 4.97. The molecule has 0 aliphatic carbocycles. The lowest BCUT2D eigenvalue weighted by atomic mass is 10.1. The van der Waals surface area contributed by atoms with Crippen LogP contribution in [0.4, 0.5) is 0 Å². The number of aromatic nitrogens is 1. The Morgan fingerprint density at radius 2 is 2.23 bits per heavy atom. The molecule has 0 saturated carbocycles. The lowest BCUT2D eigenvalue weighted by molar-refractivity contribution is 0.559. The average Bonchev–Trinajstić information content (AvgIpc) is 2.04. The number of pyridine rings is 1. The second-order valence-corrected chi connectivity index (χ2v) is 3.43. The summed E-state index contributed by atoms with van der Waals surface area (Å²) in [6.07, 6.45) is 1.01. The fraction of sp³-hybridized carbons (Fsp3) is 0.545. The SMILES string of the molecule is CCN[C@H](C)Cc1cccc(C)n1. The van der Waals surface area contributed by atoms with Crippen molar-refractivity contribution in [1.29, 1.82) is 0 Å². The first-order chi connectivity index (χ1) is 6.22. The minimum Gasteiger partial charge on any atom is -0.314 e. The summed E-state index contributed by atoms with van der Waals surface area (Å²) in [6, 6.07) is 6.69. The first kappa shape index (κ1) is 10.2. The zero-order chi connectivity index (χ0) is 9.68. The standard InChI is InChI=1S/C11H18N2/c1-4-12-10(3)8-11-7-5-6-9(2)13-11/h5-7,10,12H,4,8H2,1-3H3/t10-/m1/s1. The second-order valence-electron chi connectivity index (χ2n) is 3.43. The molecule has 0 bridgehead atoms. The monoisotopic (exact) mass is 178 g/mol. The van der Waals surface area contributed by atoms with Gasteiger partial charge in [0.05, 0.1) is 0 Å². The number of likely N-dealkylation sites (N-methyl/N-ethyl adjacent to an activating group) is 1. The van der Waals surface area contributed by atoms with Crippen LogP contribution in [0.15, 0.2) is 18.2 Å². The molecule has 0 aliphatic rings. The van der Waals surface area contributed by atoms with Gasteiger partial charge in [-0.3, -0.25) is 4.98 Å². The van der Waals surface area contributed by atoms with Crippen molar-refractivity contribution in [1.82, 2.24) is 10.3 Å². The molecule has 0 unspecified atom stereocenters. The zero-order valence-electron chi connectivity index (χ0n) is 8.67. The minimum atomic E-state index is 0.513. The molecule has 1 rings (SSSR count). The molecule has 0 spiro atoms. The lowest BCUT2D eigenvalue weighted by Gasteiger charge is -2.11. The summed E-state index contributed by atoms with van der Waals surface area (Å²) < 4.78 is 0. The molecule has 1 aromatic rings. The molecule has 0 saturated heterocycles. The van der Waals surface area contributed by atoms with E-state index in [0.29, 0.717) is 6.04 Å². The molecular formula is C11H18N2. The van der Waals surface area contributed by atoms with Crippen molar-refractivity contribution in [3.63, 3.8) is 0 Å². The predicted octanol–water partition coefficient (Wildman–Crippen LogP) is 1.93. The first-order valence-electron chi connectivity index (χ1n) is 4.88. The maximum Gasteiger partial charge on any atom is 0.0422 e. The molecule has 1 N–H and O–H groups in total. The fourth-order valence-corrected chi connectivity index (χ4v) is 1.45. The molecule has 1 aromatic heterocycles. The van der Waals surface area contributed by atoms with Crippen molar-refractivity contribution in [3.8, 4) is 0 Å². The van der Waals surface area contributed by atoms with Gasteiger partial charge in [0.2, 0.25) is 0 Å². The number of nitrogens with one attached hydrogen (secondary N) is 1. The summed E-state index contributed by atoms with van der Waals surface area (Å²) in [4.78, 5) is 4.46. The van der Waals surface area contributed by atoms with E-state index in [9.17, 15) is 0 Å². The number of hydrogen-bond donors (Lipinski definition) is 1. The molecule has 1 heterocycles. The van der Waals surface area contributed by atoms with Crippen LogP contribution in [0.3, 0.4) is 0 Å². The van der Waals surface area contributed by atoms with E-state index in [1.165, 1.54) is 5.69 Å². The molecular weight excluding hydrogens is 160 g/mol. The van der Waals surface area contributed by atoms with E-state index in [2.05, 4.69) is 36.3 Å². The maximum atomic E-state index is 4.46. The molecule has 72 valence electrons. The van der Waals surface area contributed by atoms with E-state index < -0.39 is 0 Å². The van der Waals surface area contributed by atoms with Crippen LogP contribution >= 0.6 is 0 Å². The van der Waals surface area contributed by atoms with Crippen LogP contribution in [0.5, 0.6) is 0 Å². The van der Waals surface area contributed by atoms with Crippen LogP contribution in [-0.2, 0) is 6.42 Å². The van der Waals surface area contributed by atoms with Crippen LogP contribution in [0.25, 0.3) is 0 Å². The van der Waals surface area contributed by atoms with Gasteiger partial charge < -0.3 is 5.32 Å². The van der Waals surface area contributed by atoms with Crippen molar-refractivity contribution in [2.24, 2.45) is 0 Å².